The number of carbonyl (C=O) groups excluding carboxylic acids is 1. The van der Waals surface area contributed by atoms with Crippen LogP contribution in [0.2, 0.25) is 0 Å². The van der Waals surface area contributed by atoms with E-state index in [1.807, 2.05) is 27.7 Å². The molecule has 0 aliphatic carbocycles. The fourth-order valence-corrected chi connectivity index (χ4v) is 1.60. The molecule has 0 bridgehead atoms. The lowest BCUT2D eigenvalue weighted by atomic mass is 10.2. The highest BCUT2D eigenvalue weighted by Crippen LogP contribution is 2.12. The largest absolute Gasteiger partial charge is 0.447 e. The van der Waals surface area contributed by atoms with Gasteiger partial charge >= 0.3 is 6.09 Å². The van der Waals surface area contributed by atoms with Crippen LogP contribution in [0.25, 0.3) is 0 Å². The highest BCUT2D eigenvalue weighted by molar-refractivity contribution is 5.68. The Hall–Kier alpha value is -0.770. The van der Waals surface area contributed by atoms with E-state index in [-0.39, 0.29) is 24.4 Å². The van der Waals surface area contributed by atoms with E-state index < -0.39 is 0 Å². The van der Waals surface area contributed by atoms with Crippen LogP contribution in [0.3, 0.4) is 0 Å². The molecule has 1 fully saturated rings. The molecule has 0 saturated carbocycles. The molecule has 1 amide bonds. The molecule has 82 valence electrons. The minimum atomic E-state index is -0.234. The second kappa shape index (κ2) is 4.64. The lowest BCUT2D eigenvalue weighted by Gasteiger charge is -2.34. The third kappa shape index (κ3) is 3.18. The van der Waals surface area contributed by atoms with Crippen molar-refractivity contribution in [3.63, 3.8) is 0 Å². The molecule has 0 aromatic carbocycles. The number of amides is 1. The van der Waals surface area contributed by atoms with Gasteiger partial charge in [-0.3, -0.25) is 0 Å². The molecule has 1 rings (SSSR count). The number of nitrogens with zero attached hydrogens (tertiary/aromatic N) is 1. The van der Waals surface area contributed by atoms with Gasteiger partial charge in [-0.2, -0.15) is 0 Å². The Morgan fingerprint density at radius 3 is 2.29 bits per heavy atom. The Balaban J connectivity index is 2.46. The van der Waals surface area contributed by atoms with E-state index >= 15 is 0 Å². The van der Waals surface area contributed by atoms with Gasteiger partial charge in [-0.1, -0.05) is 0 Å². The first-order chi connectivity index (χ1) is 6.49. The molecule has 1 aliphatic rings. The van der Waals surface area contributed by atoms with Crippen molar-refractivity contribution in [3.05, 3.63) is 0 Å². The highest BCUT2D eigenvalue weighted by Gasteiger charge is 2.27. The molecule has 1 saturated heterocycles. The zero-order chi connectivity index (χ0) is 10.7. The molecular formula is C10H19NO3. The highest BCUT2D eigenvalue weighted by atomic mass is 16.6. The average Bonchev–Trinajstić information content (AvgIpc) is 2.00. The third-order valence-electron chi connectivity index (χ3n) is 2.01. The summed E-state index contributed by atoms with van der Waals surface area (Å²) in [5.41, 5.74) is 0. The number of ether oxygens (including phenoxy) is 2. The molecule has 0 aromatic heterocycles. The van der Waals surface area contributed by atoms with Gasteiger partial charge in [0, 0.05) is 0 Å². The molecule has 1 aliphatic heterocycles. The first-order valence-corrected chi connectivity index (χ1v) is 5.10. The molecule has 4 heteroatoms. The van der Waals surface area contributed by atoms with Crippen molar-refractivity contribution in [1.82, 2.24) is 4.90 Å². The van der Waals surface area contributed by atoms with Crippen molar-refractivity contribution in [2.75, 3.05) is 13.1 Å². The van der Waals surface area contributed by atoms with Gasteiger partial charge in [0.2, 0.25) is 0 Å². The zero-order valence-corrected chi connectivity index (χ0v) is 9.32. The molecule has 14 heavy (non-hydrogen) atoms. The summed E-state index contributed by atoms with van der Waals surface area (Å²) in [5.74, 6) is 0. The number of morpholine rings is 1. The SMILES string of the molecule is CC(C)OC(=O)N1CC(C)OC(C)C1. The van der Waals surface area contributed by atoms with Gasteiger partial charge in [0.05, 0.1) is 31.4 Å². The molecular weight excluding hydrogens is 182 g/mol. The second-order valence-corrected chi connectivity index (χ2v) is 4.09. The van der Waals surface area contributed by atoms with Gasteiger partial charge in [-0.25, -0.2) is 4.79 Å². The zero-order valence-electron chi connectivity index (χ0n) is 9.32. The molecule has 0 N–H and O–H groups in total. The Morgan fingerprint density at radius 1 is 1.36 bits per heavy atom. The molecule has 1 heterocycles. The van der Waals surface area contributed by atoms with Crippen LogP contribution < -0.4 is 0 Å². The number of hydrogen-bond acceptors (Lipinski definition) is 3. The summed E-state index contributed by atoms with van der Waals surface area (Å²) in [6.45, 7) is 8.87. The molecule has 0 spiro atoms. The van der Waals surface area contributed by atoms with Crippen LogP contribution in [0.4, 0.5) is 4.79 Å². The van der Waals surface area contributed by atoms with Crippen LogP contribution in [-0.2, 0) is 9.47 Å². The fourth-order valence-electron chi connectivity index (χ4n) is 1.60. The lowest BCUT2D eigenvalue weighted by molar-refractivity contribution is -0.0661. The summed E-state index contributed by atoms with van der Waals surface area (Å²) in [7, 11) is 0. The van der Waals surface area contributed by atoms with Crippen molar-refractivity contribution in [2.45, 2.75) is 46.0 Å². The van der Waals surface area contributed by atoms with E-state index in [1.165, 1.54) is 0 Å². The van der Waals surface area contributed by atoms with E-state index in [0.29, 0.717) is 13.1 Å². The Kier molecular flexibility index (Phi) is 3.75. The second-order valence-electron chi connectivity index (χ2n) is 4.09. The molecule has 2 atom stereocenters. The minimum absolute atomic E-state index is 0.0593. The molecule has 0 aromatic rings. The van der Waals surface area contributed by atoms with Crippen molar-refractivity contribution in [2.24, 2.45) is 0 Å². The predicted octanol–water partition coefficient (Wildman–Crippen LogP) is 1.64. The van der Waals surface area contributed by atoms with E-state index in [2.05, 4.69) is 0 Å². The van der Waals surface area contributed by atoms with Gasteiger partial charge in [0.1, 0.15) is 0 Å². The lowest BCUT2D eigenvalue weighted by Crippen LogP contribution is -2.48. The summed E-state index contributed by atoms with van der Waals surface area (Å²) in [6.07, 6.45) is -0.102. The maximum atomic E-state index is 11.5. The van der Waals surface area contributed by atoms with Crippen LogP contribution >= 0.6 is 0 Å². The van der Waals surface area contributed by atoms with Crippen molar-refractivity contribution < 1.29 is 14.3 Å². The van der Waals surface area contributed by atoms with Gasteiger partial charge in [0.15, 0.2) is 0 Å². The summed E-state index contributed by atoms with van der Waals surface area (Å²) in [6, 6.07) is 0. The van der Waals surface area contributed by atoms with Crippen LogP contribution in [0.5, 0.6) is 0 Å². The third-order valence-corrected chi connectivity index (χ3v) is 2.01. The molecule has 2 unspecified atom stereocenters. The summed E-state index contributed by atoms with van der Waals surface area (Å²) < 4.78 is 10.6. The fraction of sp³-hybridized carbons (Fsp3) is 0.900. The normalized spacial score (nSPS) is 27.9. The topological polar surface area (TPSA) is 38.8 Å². The summed E-state index contributed by atoms with van der Waals surface area (Å²) >= 11 is 0. The smallest absolute Gasteiger partial charge is 0.410 e. The van der Waals surface area contributed by atoms with Crippen LogP contribution in [0.1, 0.15) is 27.7 Å². The van der Waals surface area contributed by atoms with Crippen LogP contribution in [0, 0.1) is 0 Å². The Bertz CT molecular complexity index is 196. The van der Waals surface area contributed by atoms with Crippen molar-refractivity contribution in [1.29, 1.82) is 0 Å². The Morgan fingerprint density at radius 2 is 1.86 bits per heavy atom. The monoisotopic (exact) mass is 201 g/mol. The predicted molar refractivity (Wildman–Crippen MR) is 53.2 cm³/mol. The summed E-state index contributed by atoms with van der Waals surface area (Å²) in [5, 5.41) is 0. The molecule has 4 nitrogen and oxygen atoms in total. The van der Waals surface area contributed by atoms with E-state index in [0.717, 1.165) is 0 Å². The quantitative estimate of drug-likeness (QED) is 0.647. The molecule has 0 radical (unpaired) electrons. The summed E-state index contributed by atoms with van der Waals surface area (Å²) in [4.78, 5) is 13.3. The van der Waals surface area contributed by atoms with Crippen LogP contribution in [-0.4, -0.2) is 42.4 Å². The number of carbonyl (C=O) groups is 1. The average molecular weight is 201 g/mol. The van der Waals surface area contributed by atoms with Gasteiger partial charge in [-0.05, 0) is 27.7 Å². The first kappa shape index (κ1) is 11.3. The van der Waals surface area contributed by atoms with Crippen LogP contribution in [0.15, 0.2) is 0 Å². The standard InChI is InChI=1S/C10H19NO3/c1-7(2)13-10(12)11-5-8(3)14-9(4)6-11/h7-9H,5-6H2,1-4H3. The van der Waals surface area contributed by atoms with Gasteiger partial charge < -0.3 is 14.4 Å². The van der Waals surface area contributed by atoms with Crippen molar-refractivity contribution in [3.8, 4) is 0 Å². The van der Waals surface area contributed by atoms with Gasteiger partial charge in [-0.15, -0.1) is 0 Å². The van der Waals surface area contributed by atoms with E-state index in [1.54, 1.807) is 4.90 Å². The maximum absolute atomic E-state index is 11.5. The first-order valence-electron chi connectivity index (χ1n) is 5.10. The van der Waals surface area contributed by atoms with Crippen molar-refractivity contribution >= 4 is 6.09 Å². The Labute approximate surface area is 85.2 Å². The van der Waals surface area contributed by atoms with E-state index in [9.17, 15) is 4.79 Å². The van der Waals surface area contributed by atoms with E-state index in [4.69, 9.17) is 9.47 Å². The maximum Gasteiger partial charge on any atom is 0.410 e. The number of rotatable bonds is 1. The number of hydrogen-bond donors (Lipinski definition) is 0. The van der Waals surface area contributed by atoms with Gasteiger partial charge in [0.25, 0.3) is 0 Å². The minimum Gasteiger partial charge on any atom is -0.447 e.